The molecule has 0 saturated heterocycles. The molecule has 1 heterocycles. The smallest absolute Gasteiger partial charge is 0.161 e. The number of nitrogens with one attached hydrogen (secondary N) is 1. The number of rotatable bonds is 7. The van der Waals surface area contributed by atoms with Gasteiger partial charge in [-0.2, -0.15) is 0 Å². The average Bonchev–Trinajstić information content (AvgIpc) is 3.24. The summed E-state index contributed by atoms with van der Waals surface area (Å²) in [7, 11) is 1.50. The fraction of sp³-hybridized carbons (Fsp3) is 0.0833. The van der Waals surface area contributed by atoms with Gasteiger partial charge >= 0.3 is 0 Å². The van der Waals surface area contributed by atoms with E-state index in [1.165, 1.54) is 7.11 Å². The first-order chi connectivity index (χ1) is 14.7. The van der Waals surface area contributed by atoms with Gasteiger partial charge in [0.1, 0.15) is 12.4 Å². The minimum atomic E-state index is -1.30. The van der Waals surface area contributed by atoms with Crippen LogP contribution in [0.15, 0.2) is 78.9 Å². The average molecular weight is 399 g/mol. The van der Waals surface area contributed by atoms with Crippen molar-refractivity contribution in [3.8, 4) is 45.4 Å². The molecule has 1 N–H and O–H groups in total. The zero-order valence-corrected chi connectivity index (χ0v) is 16.3. The van der Waals surface area contributed by atoms with Gasteiger partial charge in [0, 0.05) is 16.7 Å². The highest BCUT2D eigenvalue weighted by atomic mass is 16.5. The number of aliphatic carboxylic acids is 1. The number of aromatic nitrogens is 2. The minimum Gasteiger partial charge on any atom is -0.546 e. The highest BCUT2D eigenvalue weighted by molar-refractivity contribution is 5.81. The molecule has 0 spiro atoms. The van der Waals surface area contributed by atoms with E-state index in [1.54, 1.807) is 18.2 Å². The molecule has 0 fully saturated rings. The number of carbonyl (C=O) groups excluding carboxylic acids is 1. The molecular weight excluding hydrogens is 380 g/mol. The zero-order chi connectivity index (χ0) is 20.9. The highest BCUT2D eigenvalue weighted by Gasteiger charge is 2.16. The van der Waals surface area contributed by atoms with Crippen LogP contribution in [0.5, 0.6) is 11.5 Å². The number of ether oxygens (including phenoxy) is 2. The molecule has 0 aliphatic heterocycles. The maximum absolute atomic E-state index is 10.7. The second-order valence-electron chi connectivity index (χ2n) is 6.57. The Morgan fingerprint density at radius 3 is 2.20 bits per heavy atom. The fourth-order valence-electron chi connectivity index (χ4n) is 3.20. The van der Waals surface area contributed by atoms with E-state index < -0.39 is 12.6 Å². The molecule has 0 aliphatic carbocycles. The largest absolute Gasteiger partial charge is 0.546 e. The van der Waals surface area contributed by atoms with Crippen molar-refractivity contribution in [3.05, 3.63) is 78.9 Å². The van der Waals surface area contributed by atoms with Gasteiger partial charge in [-0.15, -0.1) is 0 Å². The summed E-state index contributed by atoms with van der Waals surface area (Å²) in [4.78, 5) is 19.0. The standard InChI is InChI=1S/C24H20N2O4/c1-29-20-14-18(12-13-19(20)30-15-21(27)28)24-25-22(16-8-4-2-5-9-16)23(26-24)17-10-6-3-7-11-17/h2-14H,15H2,1H3,(H,25,26)(H,27,28)/p-1. The summed E-state index contributed by atoms with van der Waals surface area (Å²) in [6.45, 7) is -0.549. The summed E-state index contributed by atoms with van der Waals surface area (Å²) in [6.07, 6.45) is 0. The van der Waals surface area contributed by atoms with Crippen molar-refractivity contribution >= 4 is 5.97 Å². The number of imidazole rings is 1. The number of benzene rings is 3. The molecule has 1 aromatic heterocycles. The lowest BCUT2D eigenvalue weighted by Gasteiger charge is -2.11. The number of hydrogen-bond acceptors (Lipinski definition) is 5. The van der Waals surface area contributed by atoms with Gasteiger partial charge in [0.25, 0.3) is 0 Å². The fourth-order valence-corrected chi connectivity index (χ4v) is 3.20. The molecule has 0 radical (unpaired) electrons. The lowest BCUT2D eigenvalue weighted by molar-refractivity contribution is -0.307. The van der Waals surface area contributed by atoms with Crippen molar-refractivity contribution in [3.63, 3.8) is 0 Å². The normalized spacial score (nSPS) is 10.6. The third-order valence-electron chi connectivity index (χ3n) is 4.60. The van der Waals surface area contributed by atoms with Crippen LogP contribution in [0.2, 0.25) is 0 Å². The monoisotopic (exact) mass is 399 g/mol. The molecular formula is C24H19N2O4-. The Hall–Kier alpha value is -4.06. The van der Waals surface area contributed by atoms with Crippen LogP contribution >= 0.6 is 0 Å². The van der Waals surface area contributed by atoms with Crippen molar-refractivity contribution in [1.29, 1.82) is 0 Å². The van der Waals surface area contributed by atoms with Crippen molar-refractivity contribution in [2.45, 2.75) is 0 Å². The Kier molecular flexibility index (Phi) is 5.48. The Morgan fingerprint density at radius 2 is 1.57 bits per heavy atom. The maximum Gasteiger partial charge on any atom is 0.161 e. The van der Waals surface area contributed by atoms with Crippen LogP contribution in [0.1, 0.15) is 0 Å². The molecule has 0 aliphatic rings. The number of H-pyrrole nitrogens is 1. The van der Waals surface area contributed by atoms with Crippen molar-refractivity contribution in [2.24, 2.45) is 0 Å². The van der Waals surface area contributed by atoms with Crippen molar-refractivity contribution in [2.75, 3.05) is 13.7 Å². The van der Waals surface area contributed by atoms with Gasteiger partial charge in [-0.3, -0.25) is 0 Å². The highest BCUT2D eigenvalue weighted by Crippen LogP contribution is 2.36. The van der Waals surface area contributed by atoms with Crippen LogP contribution in [0.3, 0.4) is 0 Å². The van der Waals surface area contributed by atoms with Gasteiger partial charge in [-0.05, 0) is 18.2 Å². The Morgan fingerprint density at radius 1 is 0.900 bits per heavy atom. The van der Waals surface area contributed by atoms with Gasteiger partial charge in [0.15, 0.2) is 11.5 Å². The first kappa shape index (κ1) is 19.3. The number of aromatic amines is 1. The van der Waals surface area contributed by atoms with Gasteiger partial charge in [-0.1, -0.05) is 60.7 Å². The molecule has 0 atom stereocenters. The minimum absolute atomic E-state index is 0.323. The van der Waals surface area contributed by atoms with Crippen LogP contribution < -0.4 is 14.6 Å². The van der Waals surface area contributed by atoms with Gasteiger partial charge in [0.05, 0.1) is 24.5 Å². The third kappa shape index (κ3) is 4.03. The molecule has 4 aromatic rings. The SMILES string of the molecule is COc1cc(-c2nc(-c3ccccc3)c(-c3ccccc3)[nH]2)ccc1OCC(=O)[O-]. The molecule has 150 valence electrons. The summed E-state index contributed by atoms with van der Waals surface area (Å²) in [5, 5.41) is 10.7. The lowest BCUT2D eigenvalue weighted by atomic mass is 10.1. The Bertz CT molecular complexity index is 1100. The topological polar surface area (TPSA) is 87.3 Å². The van der Waals surface area contributed by atoms with E-state index in [1.807, 2.05) is 60.7 Å². The summed E-state index contributed by atoms with van der Waals surface area (Å²) in [5.74, 6) is 0.0980. The van der Waals surface area contributed by atoms with Gasteiger partial charge < -0.3 is 24.4 Å². The Labute approximate surface area is 173 Å². The number of nitrogens with zero attached hydrogens (tertiary/aromatic N) is 1. The third-order valence-corrected chi connectivity index (χ3v) is 4.60. The lowest BCUT2D eigenvalue weighted by Crippen LogP contribution is -2.29. The summed E-state index contributed by atoms with van der Waals surface area (Å²) < 4.78 is 10.6. The van der Waals surface area contributed by atoms with E-state index in [4.69, 9.17) is 14.5 Å². The number of carbonyl (C=O) groups is 1. The second kappa shape index (κ2) is 8.53. The quantitative estimate of drug-likeness (QED) is 0.514. The summed E-state index contributed by atoms with van der Waals surface area (Å²) >= 11 is 0. The molecule has 30 heavy (non-hydrogen) atoms. The Balaban J connectivity index is 1.78. The molecule has 0 unspecified atom stereocenters. The number of carboxylic acid groups (broad SMARTS) is 1. The van der Waals surface area contributed by atoms with Crippen LogP contribution in [0.25, 0.3) is 33.9 Å². The first-order valence-electron chi connectivity index (χ1n) is 9.37. The van der Waals surface area contributed by atoms with E-state index in [9.17, 15) is 9.90 Å². The summed E-state index contributed by atoms with van der Waals surface area (Å²) in [5.41, 5.74) is 4.56. The molecule has 0 saturated carbocycles. The summed E-state index contributed by atoms with van der Waals surface area (Å²) in [6, 6.07) is 25.2. The van der Waals surface area contributed by atoms with Crippen LogP contribution in [0, 0.1) is 0 Å². The van der Waals surface area contributed by atoms with Crippen molar-refractivity contribution in [1.82, 2.24) is 9.97 Å². The zero-order valence-electron chi connectivity index (χ0n) is 16.3. The molecule has 6 nitrogen and oxygen atoms in total. The predicted octanol–water partition coefficient (Wildman–Crippen LogP) is 3.55. The van der Waals surface area contributed by atoms with Gasteiger partial charge in [0.2, 0.25) is 0 Å². The molecule has 3 aromatic carbocycles. The van der Waals surface area contributed by atoms with E-state index in [0.29, 0.717) is 17.3 Å². The number of methoxy groups -OCH3 is 1. The van der Waals surface area contributed by atoms with Crippen LogP contribution in [-0.2, 0) is 4.79 Å². The van der Waals surface area contributed by atoms with E-state index >= 15 is 0 Å². The maximum atomic E-state index is 10.7. The van der Waals surface area contributed by atoms with Crippen molar-refractivity contribution < 1.29 is 19.4 Å². The first-order valence-corrected chi connectivity index (χ1v) is 9.37. The second-order valence-corrected chi connectivity index (χ2v) is 6.57. The number of hydrogen-bond donors (Lipinski definition) is 1. The molecule has 4 rings (SSSR count). The molecule has 6 heteroatoms. The number of carboxylic acids is 1. The van der Waals surface area contributed by atoms with Crippen LogP contribution in [0.4, 0.5) is 0 Å². The van der Waals surface area contributed by atoms with Gasteiger partial charge in [-0.25, -0.2) is 4.98 Å². The van der Waals surface area contributed by atoms with E-state index in [0.717, 1.165) is 28.1 Å². The van der Waals surface area contributed by atoms with E-state index in [-0.39, 0.29) is 0 Å². The van der Waals surface area contributed by atoms with E-state index in [2.05, 4.69) is 4.98 Å². The molecule has 0 bridgehead atoms. The molecule has 0 amide bonds. The predicted molar refractivity (Wildman–Crippen MR) is 112 cm³/mol. The van der Waals surface area contributed by atoms with Crippen LogP contribution in [-0.4, -0.2) is 29.7 Å².